The molecule has 4 aliphatic carbocycles. The van der Waals surface area contributed by atoms with Gasteiger partial charge in [0.05, 0.1) is 39.3 Å². The number of furan rings is 4. The van der Waals surface area contributed by atoms with Crippen molar-refractivity contribution in [1.29, 1.82) is 0 Å². The Bertz CT molecular complexity index is 9200. The Balaban J connectivity index is 0.000000123. The molecule has 12 heteroatoms. The van der Waals surface area contributed by atoms with Crippen LogP contribution in [0.5, 0.6) is 0 Å². The summed E-state index contributed by atoms with van der Waals surface area (Å²) in [6, 6.07) is 55.3. The van der Waals surface area contributed by atoms with Crippen LogP contribution in [-0.4, -0.2) is 19.9 Å². The average molecular weight is 1660 g/mol. The van der Waals surface area contributed by atoms with Crippen LogP contribution in [0.4, 0.5) is 0 Å². The lowest BCUT2D eigenvalue weighted by molar-refractivity contribution is -0.660. The third-order valence-corrected chi connectivity index (χ3v) is 25.0. The number of hydrogen-bond acceptors (Lipinski definition) is 8. The SMILES string of the molecule is [2H]C([2H])([2H])c1ccc(-c2c(C)ccc3c2oc2c4c(ccc23)-c2cccnc2C4(C([2H])([2H])[2H])C([2H])([2H])[2H])[n+](C)c1.[2H]C([2H])([2H])c1ccc(-c2c(C)ccc3c2oc2c4c(cnc23)C(C([2H])([2H])[2H])(C([2H])([2H])[2H])c2ccccc2-4)[n+](C)c1.[2H]C([2H])([2H])c1ccc(-c2c(C)ccc3c2oc2c4c(ncc23)C(C([2H])([2H])[2H])(C([2H])([2H])[2H])c2ccccc2-4)[n+](C)c1.[2H]C([2H])([2H])c1ccc(-c2c(C)ccc3c2oc2cc4c(cc23)C(C([2H])([2H])[2H])(C([2H])([2H])[2H])c2ncccc2-4)[n+](C)c1. The first kappa shape index (κ1) is 47.5. The molecule has 0 fully saturated rings. The highest BCUT2D eigenvalue weighted by Gasteiger charge is 2.44. The minimum Gasteiger partial charge on any atom is -0.455 e. The zero-order chi connectivity index (χ0) is 116. The van der Waals surface area contributed by atoms with Crippen molar-refractivity contribution >= 4 is 87.9 Å². The van der Waals surface area contributed by atoms with Gasteiger partial charge in [0.15, 0.2) is 36.0 Å². The van der Waals surface area contributed by atoms with Crippen LogP contribution in [0.15, 0.2) is 261 Å². The zero-order valence-corrected chi connectivity index (χ0v) is 68.3. The Kier molecular flexibility index (Phi) is 10.7. The molecule has 0 aliphatic heterocycles. The molecule has 12 aromatic heterocycles. The number of hydrogen-bond donors (Lipinski definition) is 0. The number of benzene rings is 8. The molecule has 0 N–H and O–H groups in total. The van der Waals surface area contributed by atoms with Crippen molar-refractivity contribution in [2.24, 2.45) is 28.2 Å². The predicted molar refractivity (Wildman–Crippen MR) is 501 cm³/mol. The Morgan fingerprint density at radius 2 is 0.694 bits per heavy atom. The largest absolute Gasteiger partial charge is 0.455 e. The Labute approximate surface area is 773 Å². The number of pyridine rings is 8. The van der Waals surface area contributed by atoms with Crippen molar-refractivity contribution in [3.05, 3.63) is 333 Å². The van der Waals surface area contributed by atoms with E-state index in [9.17, 15) is 0 Å². The van der Waals surface area contributed by atoms with Gasteiger partial charge < -0.3 is 17.7 Å². The second-order valence-electron chi connectivity index (χ2n) is 32.7. The standard InChI is InChI=1S/4C28H25N2O/c1-16-8-13-22(30(5)15-16)23-17(2)9-10-19-20-12-11-18-21-7-6-14-29-27(21)28(3,4)24(18)26(20)31-25(19)23;1-16-8-11-23(30(5)15-16)25-17(2)9-10-18-21-13-22-20(14-24(21)31-26(18)25)19-7-6-12-29-27(19)28(22,3)4;1-16-10-13-22(30(5)15-16)23-17(2)11-12-18-20-14-29-27-24(26(20)31-25(18)23)19-8-6-7-9-21(19)28(27,3)4;1-16-10-13-22(30(5)15-16)23-17(2)11-12-19-25-27(31-26(19)23)24-18-8-6-7-9-20(18)28(3,4)21(24)14-29-25/h4*6-15H,1-5H3/q4*+1/i4*1D3,3D3,4D3. The van der Waals surface area contributed by atoms with Crippen LogP contribution in [-0.2, 0) is 49.9 Å². The van der Waals surface area contributed by atoms with Crippen molar-refractivity contribution in [2.75, 3.05) is 0 Å². The molecular weight excluding hydrogens is 1520 g/mol. The maximum absolute atomic E-state index is 8.56. The molecule has 0 spiro atoms. The van der Waals surface area contributed by atoms with Gasteiger partial charge in [-0.25, -0.2) is 18.3 Å². The summed E-state index contributed by atoms with van der Waals surface area (Å²) in [5, 5.41) is 4.57. The topological polar surface area (TPSA) is 120 Å². The molecule has 608 valence electrons. The lowest BCUT2D eigenvalue weighted by atomic mass is 9.83. The first-order valence-corrected chi connectivity index (χ1v) is 40.2. The number of rotatable bonds is 4. The van der Waals surface area contributed by atoms with Gasteiger partial charge in [0.1, 0.15) is 67.2 Å². The van der Waals surface area contributed by atoms with Gasteiger partial charge in [0, 0.05) is 208 Å². The highest BCUT2D eigenvalue weighted by atomic mass is 16.3. The van der Waals surface area contributed by atoms with Crippen LogP contribution in [0.2, 0.25) is 0 Å². The molecule has 8 aromatic carbocycles. The molecule has 124 heavy (non-hydrogen) atoms. The summed E-state index contributed by atoms with van der Waals surface area (Å²) < 4.78 is 329. The van der Waals surface area contributed by atoms with Gasteiger partial charge in [-0.15, -0.1) is 0 Å². The van der Waals surface area contributed by atoms with E-state index in [0.717, 1.165) is 55.7 Å². The average Bonchev–Trinajstić information content (AvgIpc) is 1.51. The lowest BCUT2D eigenvalue weighted by Gasteiger charge is -2.20. The molecule has 0 unspecified atom stereocenters. The van der Waals surface area contributed by atoms with Crippen molar-refractivity contribution in [3.63, 3.8) is 0 Å². The van der Waals surface area contributed by atoms with Gasteiger partial charge in [-0.3, -0.25) is 19.9 Å². The van der Waals surface area contributed by atoms with Gasteiger partial charge in [-0.2, -0.15) is 0 Å². The Morgan fingerprint density at radius 3 is 1.22 bits per heavy atom. The summed E-state index contributed by atoms with van der Waals surface area (Å²) in [6.07, 6.45) is 12.0. The van der Waals surface area contributed by atoms with E-state index in [1.807, 2.05) is 82.3 Å². The van der Waals surface area contributed by atoms with Crippen LogP contribution in [0, 0.1) is 55.1 Å². The first-order chi connectivity index (χ1) is 74.3. The van der Waals surface area contributed by atoms with E-state index < -0.39 is 104 Å². The van der Waals surface area contributed by atoms with E-state index in [4.69, 9.17) is 67.0 Å². The minimum atomic E-state index is -2.98. The molecule has 0 saturated carbocycles. The van der Waals surface area contributed by atoms with Crippen LogP contribution in [0.3, 0.4) is 0 Å². The van der Waals surface area contributed by atoms with E-state index in [0.29, 0.717) is 138 Å². The van der Waals surface area contributed by atoms with Gasteiger partial charge in [0.25, 0.3) is 0 Å². The van der Waals surface area contributed by atoms with Crippen molar-refractivity contribution in [3.8, 4) is 89.5 Å². The molecular formula is C112H100N8O4+4. The molecule has 4 aliphatic rings. The molecule has 20 aromatic rings. The third-order valence-electron chi connectivity index (χ3n) is 25.0. The Morgan fingerprint density at radius 1 is 0.282 bits per heavy atom. The van der Waals surface area contributed by atoms with Crippen LogP contribution < -0.4 is 18.3 Å². The fourth-order valence-corrected chi connectivity index (χ4v) is 19.1. The van der Waals surface area contributed by atoms with Crippen molar-refractivity contribution in [1.82, 2.24) is 19.9 Å². The van der Waals surface area contributed by atoms with Gasteiger partial charge in [-0.1, -0.05) is 150 Å². The molecule has 0 radical (unpaired) electrons. The number of aryl methyl sites for hydroxylation is 12. The fourth-order valence-electron chi connectivity index (χ4n) is 19.1. The summed E-state index contributed by atoms with van der Waals surface area (Å²) in [4.78, 5) is 17.8. The van der Waals surface area contributed by atoms with E-state index in [1.54, 1.807) is 211 Å². The van der Waals surface area contributed by atoms with E-state index in [2.05, 4.69) is 19.9 Å². The van der Waals surface area contributed by atoms with E-state index >= 15 is 0 Å². The van der Waals surface area contributed by atoms with Gasteiger partial charge >= 0.3 is 0 Å². The molecule has 0 bridgehead atoms. The second-order valence-corrected chi connectivity index (χ2v) is 32.7. The van der Waals surface area contributed by atoms with Crippen LogP contribution >= 0.6 is 0 Å². The second kappa shape index (κ2) is 27.8. The number of fused-ring (bicyclic) bond motifs is 27. The number of nitrogens with zero attached hydrogens (tertiary/aromatic N) is 8. The maximum Gasteiger partial charge on any atom is 0.216 e. The minimum absolute atomic E-state index is 0.0129. The number of aromatic nitrogens is 8. The normalized spacial score (nSPS) is 19.7. The quantitative estimate of drug-likeness (QED) is 0.160. The summed E-state index contributed by atoms with van der Waals surface area (Å²) >= 11 is 0. The smallest absolute Gasteiger partial charge is 0.216 e. The first-order valence-electron chi connectivity index (χ1n) is 58.2. The predicted octanol–water partition coefficient (Wildman–Crippen LogP) is 25.6. The highest BCUT2D eigenvalue weighted by Crippen LogP contribution is 2.57. The Hall–Kier alpha value is -13.8. The monoisotopic (exact) mass is 1660 g/mol. The summed E-state index contributed by atoms with van der Waals surface area (Å²) in [5.41, 5.74) is 8.83. The molecule has 24 rings (SSSR count). The summed E-state index contributed by atoms with van der Waals surface area (Å²) in [7, 11) is 7.05. The molecule has 12 nitrogen and oxygen atoms in total. The van der Waals surface area contributed by atoms with E-state index in [1.165, 1.54) is 24.8 Å². The molecule has 0 amide bonds. The van der Waals surface area contributed by atoms with Crippen LogP contribution in [0.1, 0.15) is 194 Å². The van der Waals surface area contributed by atoms with Gasteiger partial charge in [-0.05, 0) is 196 Å². The molecule has 0 atom stereocenters. The van der Waals surface area contributed by atoms with Crippen molar-refractivity contribution in [2.45, 2.75) is 132 Å². The van der Waals surface area contributed by atoms with Crippen molar-refractivity contribution < 1.29 is 85.3 Å². The van der Waals surface area contributed by atoms with Crippen LogP contribution in [0.25, 0.3) is 177 Å². The third kappa shape index (κ3) is 11.5. The summed E-state index contributed by atoms with van der Waals surface area (Å²) in [5.74, 6) is 0. The maximum atomic E-state index is 8.56. The van der Waals surface area contributed by atoms with E-state index in [-0.39, 0.29) is 72.7 Å². The highest BCUT2D eigenvalue weighted by molar-refractivity contribution is 6.17. The fraction of sp³-hybridized carbons (Fsp3) is 0.214. The molecule has 12 heterocycles. The van der Waals surface area contributed by atoms with Gasteiger partial charge in [0.2, 0.25) is 22.8 Å². The molecule has 0 saturated heterocycles. The summed E-state index contributed by atoms with van der Waals surface area (Å²) in [6.45, 7) is -24.8. The lowest BCUT2D eigenvalue weighted by Crippen LogP contribution is -2.31. The zero-order valence-electron chi connectivity index (χ0n) is 104.